The molecule has 0 unspecified atom stereocenters. The average molecular weight is 406 g/mol. The predicted molar refractivity (Wildman–Crippen MR) is 97.3 cm³/mol. The van der Waals surface area contributed by atoms with Gasteiger partial charge in [-0.3, -0.25) is 15.6 Å². The fourth-order valence-electron chi connectivity index (χ4n) is 2.88. The molecule has 0 aliphatic carbocycles. The van der Waals surface area contributed by atoms with Crippen molar-refractivity contribution in [2.24, 2.45) is 0 Å². The summed E-state index contributed by atoms with van der Waals surface area (Å²) in [5, 5.41) is 0. The van der Waals surface area contributed by atoms with Gasteiger partial charge in [-0.05, 0) is 11.1 Å². The standard InChI is InChI=1S/C21H15F5N2O/c22-16-17(23)19(25)21(20(26)18(16)24)28-27-15(29)11-14(12-7-3-1-4-8-12)13-9-5-2-6-10-13/h1-10,14,28H,11H2,(H,27,29). The van der Waals surface area contributed by atoms with Gasteiger partial charge < -0.3 is 0 Å². The van der Waals surface area contributed by atoms with Gasteiger partial charge in [-0.15, -0.1) is 0 Å². The van der Waals surface area contributed by atoms with Crippen LogP contribution in [-0.2, 0) is 4.79 Å². The Bertz CT molecular complexity index is 944. The molecule has 0 aliphatic heterocycles. The van der Waals surface area contributed by atoms with Crippen molar-refractivity contribution in [2.75, 3.05) is 5.43 Å². The summed E-state index contributed by atoms with van der Waals surface area (Å²) in [7, 11) is 0. The number of nitrogens with one attached hydrogen (secondary N) is 2. The highest BCUT2D eigenvalue weighted by Crippen LogP contribution is 2.29. The van der Waals surface area contributed by atoms with Gasteiger partial charge in [0.2, 0.25) is 11.7 Å². The molecule has 0 saturated carbocycles. The molecule has 0 aliphatic rings. The summed E-state index contributed by atoms with van der Waals surface area (Å²) >= 11 is 0. The van der Waals surface area contributed by atoms with E-state index in [9.17, 15) is 26.7 Å². The quantitative estimate of drug-likeness (QED) is 0.260. The third-order valence-electron chi connectivity index (χ3n) is 4.33. The first kappa shape index (κ1) is 20.3. The van der Waals surface area contributed by atoms with Gasteiger partial charge in [0, 0.05) is 12.3 Å². The van der Waals surface area contributed by atoms with Gasteiger partial charge in [0.15, 0.2) is 23.3 Å². The van der Waals surface area contributed by atoms with Gasteiger partial charge in [0.05, 0.1) is 0 Å². The van der Waals surface area contributed by atoms with Crippen LogP contribution in [0, 0.1) is 29.1 Å². The van der Waals surface area contributed by atoms with Gasteiger partial charge in [0.1, 0.15) is 5.69 Å². The lowest BCUT2D eigenvalue weighted by atomic mass is 9.88. The van der Waals surface area contributed by atoms with E-state index in [-0.39, 0.29) is 12.3 Å². The first-order valence-electron chi connectivity index (χ1n) is 8.56. The molecule has 0 atom stereocenters. The molecular formula is C21H15F5N2O. The van der Waals surface area contributed by atoms with Gasteiger partial charge >= 0.3 is 0 Å². The van der Waals surface area contributed by atoms with Gasteiger partial charge in [0.25, 0.3) is 0 Å². The van der Waals surface area contributed by atoms with Crippen LogP contribution in [0.4, 0.5) is 27.6 Å². The number of amides is 1. The van der Waals surface area contributed by atoms with Crippen molar-refractivity contribution in [1.29, 1.82) is 0 Å². The number of hydrogen-bond acceptors (Lipinski definition) is 2. The summed E-state index contributed by atoms with van der Waals surface area (Å²) in [5.41, 5.74) is 4.12. The topological polar surface area (TPSA) is 41.1 Å². The number of rotatable bonds is 6. The number of carbonyl (C=O) groups is 1. The number of hydrazine groups is 1. The minimum absolute atomic E-state index is 0.129. The molecular weight excluding hydrogens is 391 g/mol. The molecule has 0 saturated heterocycles. The summed E-state index contributed by atoms with van der Waals surface area (Å²) < 4.78 is 67.1. The van der Waals surface area contributed by atoms with Crippen LogP contribution in [-0.4, -0.2) is 5.91 Å². The van der Waals surface area contributed by atoms with Crippen LogP contribution in [0.2, 0.25) is 0 Å². The molecule has 150 valence electrons. The second-order valence-electron chi connectivity index (χ2n) is 6.20. The minimum Gasteiger partial charge on any atom is -0.293 e. The third kappa shape index (κ3) is 4.37. The van der Waals surface area contributed by atoms with Crippen LogP contribution in [0.15, 0.2) is 60.7 Å². The van der Waals surface area contributed by atoms with Crippen molar-refractivity contribution in [3.63, 3.8) is 0 Å². The highest BCUT2D eigenvalue weighted by atomic mass is 19.2. The monoisotopic (exact) mass is 406 g/mol. The maximum Gasteiger partial charge on any atom is 0.239 e. The SMILES string of the molecule is O=C(CC(c1ccccc1)c1ccccc1)NNc1c(F)c(F)c(F)c(F)c1F. The van der Waals surface area contributed by atoms with Crippen LogP contribution < -0.4 is 10.9 Å². The van der Waals surface area contributed by atoms with Crippen LogP contribution in [0.5, 0.6) is 0 Å². The molecule has 3 aromatic rings. The number of benzene rings is 3. The first-order chi connectivity index (χ1) is 13.9. The van der Waals surface area contributed by atoms with E-state index in [4.69, 9.17) is 0 Å². The minimum atomic E-state index is -2.27. The number of hydrogen-bond donors (Lipinski definition) is 2. The Balaban J connectivity index is 1.79. The summed E-state index contributed by atoms with van der Waals surface area (Å²) in [6, 6.07) is 18.1. The molecule has 0 spiro atoms. The normalized spacial score (nSPS) is 10.8. The van der Waals surface area contributed by atoms with Gasteiger partial charge in [-0.25, -0.2) is 22.0 Å². The summed E-state index contributed by atoms with van der Waals surface area (Å²) in [6.07, 6.45) is -0.129. The van der Waals surface area contributed by atoms with E-state index in [0.717, 1.165) is 11.1 Å². The van der Waals surface area contributed by atoms with E-state index < -0.39 is 40.7 Å². The maximum absolute atomic E-state index is 13.7. The maximum atomic E-state index is 13.7. The zero-order valence-electron chi connectivity index (χ0n) is 14.9. The fourth-order valence-corrected chi connectivity index (χ4v) is 2.88. The predicted octanol–water partition coefficient (Wildman–Crippen LogP) is 5.05. The molecule has 8 heteroatoms. The Morgan fingerprint density at radius 3 is 1.55 bits per heavy atom. The van der Waals surface area contributed by atoms with Gasteiger partial charge in [-0.1, -0.05) is 60.7 Å². The Kier molecular flexibility index (Phi) is 6.11. The Morgan fingerprint density at radius 1 is 0.690 bits per heavy atom. The number of carbonyl (C=O) groups excluding carboxylic acids is 1. The highest BCUT2D eigenvalue weighted by Gasteiger charge is 2.26. The van der Waals surface area contributed by atoms with E-state index in [1.54, 1.807) is 29.7 Å². The summed E-state index contributed by atoms with van der Waals surface area (Å²) in [5.74, 6) is -11.7. The molecule has 0 heterocycles. The first-order valence-corrected chi connectivity index (χ1v) is 8.56. The third-order valence-corrected chi connectivity index (χ3v) is 4.33. The van der Waals surface area contributed by atoms with E-state index >= 15 is 0 Å². The second-order valence-corrected chi connectivity index (χ2v) is 6.20. The van der Waals surface area contributed by atoms with Crippen LogP contribution in [0.3, 0.4) is 0 Å². The molecule has 0 radical (unpaired) electrons. The fraction of sp³-hybridized carbons (Fsp3) is 0.0952. The molecule has 0 fully saturated rings. The molecule has 3 aromatic carbocycles. The lowest BCUT2D eigenvalue weighted by molar-refractivity contribution is -0.120. The van der Waals surface area contributed by atoms with E-state index in [0.29, 0.717) is 0 Å². The summed E-state index contributed by atoms with van der Waals surface area (Å²) in [4.78, 5) is 12.4. The summed E-state index contributed by atoms with van der Waals surface area (Å²) in [6.45, 7) is 0. The molecule has 29 heavy (non-hydrogen) atoms. The number of halogens is 5. The van der Waals surface area contributed by atoms with Crippen molar-refractivity contribution in [3.05, 3.63) is 101 Å². The zero-order valence-corrected chi connectivity index (χ0v) is 14.9. The zero-order chi connectivity index (χ0) is 21.0. The van der Waals surface area contributed by atoms with Crippen LogP contribution >= 0.6 is 0 Å². The molecule has 1 amide bonds. The Morgan fingerprint density at radius 2 is 1.10 bits per heavy atom. The van der Waals surface area contributed by atoms with Crippen LogP contribution in [0.1, 0.15) is 23.5 Å². The van der Waals surface area contributed by atoms with Crippen LogP contribution in [0.25, 0.3) is 0 Å². The van der Waals surface area contributed by atoms with Crippen molar-refractivity contribution in [2.45, 2.75) is 12.3 Å². The largest absolute Gasteiger partial charge is 0.293 e. The van der Waals surface area contributed by atoms with Gasteiger partial charge in [-0.2, -0.15) is 0 Å². The molecule has 0 bridgehead atoms. The molecule has 3 rings (SSSR count). The lowest BCUT2D eigenvalue weighted by Gasteiger charge is -2.18. The highest BCUT2D eigenvalue weighted by molar-refractivity contribution is 5.79. The molecule has 3 nitrogen and oxygen atoms in total. The van der Waals surface area contributed by atoms with Crippen molar-refractivity contribution in [3.8, 4) is 0 Å². The van der Waals surface area contributed by atoms with E-state index in [1.165, 1.54) is 0 Å². The van der Waals surface area contributed by atoms with E-state index in [2.05, 4.69) is 0 Å². The number of anilines is 1. The Labute approximate surface area is 163 Å². The smallest absolute Gasteiger partial charge is 0.239 e. The molecule has 2 N–H and O–H groups in total. The van der Waals surface area contributed by atoms with Crippen molar-refractivity contribution in [1.82, 2.24) is 5.43 Å². The molecule has 0 aromatic heterocycles. The second kappa shape index (κ2) is 8.72. The van der Waals surface area contributed by atoms with E-state index in [1.807, 2.05) is 41.8 Å². The Hall–Kier alpha value is -3.42. The lowest BCUT2D eigenvalue weighted by Crippen LogP contribution is -2.32. The average Bonchev–Trinajstić information content (AvgIpc) is 2.76. The van der Waals surface area contributed by atoms with Crippen molar-refractivity contribution >= 4 is 11.6 Å². The van der Waals surface area contributed by atoms with Crippen molar-refractivity contribution < 1.29 is 26.7 Å².